The fourth-order valence-corrected chi connectivity index (χ4v) is 1.20. The molecule has 0 N–H and O–H groups in total. The number of rotatable bonds is 10. The van der Waals surface area contributed by atoms with Gasteiger partial charge in [0.1, 0.15) is 16.8 Å². The van der Waals surface area contributed by atoms with Gasteiger partial charge >= 0.3 is 11.9 Å². The monoisotopic (exact) mass is 316 g/mol. The summed E-state index contributed by atoms with van der Waals surface area (Å²) in [4.78, 5) is 42.9. The van der Waals surface area contributed by atoms with Crippen LogP contribution in [-0.4, -0.2) is 23.1 Å². The van der Waals surface area contributed by atoms with Crippen LogP contribution in [0.5, 0.6) is 0 Å². The second-order valence-corrected chi connectivity index (χ2v) is 5.70. The van der Waals surface area contributed by atoms with Gasteiger partial charge in [-0.3, -0.25) is 9.78 Å². The van der Waals surface area contributed by atoms with Crippen LogP contribution in [0.25, 0.3) is 0 Å². The second kappa shape index (κ2) is 8.90. The van der Waals surface area contributed by atoms with Crippen molar-refractivity contribution in [2.24, 2.45) is 0 Å². The van der Waals surface area contributed by atoms with E-state index in [0.717, 1.165) is 0 Å². The molecule has 0 aliphatic heterocycles. The van der Waals surface area contributed by atoms with Crippen molar-refractivity contribution in [3.05, 3.63) is 12.2 Å². The quantitative estimate of drug-likeness (QED) is 0.201. The third-order valence-corrected chi connectivity index (χ3v) is 4.12. The minimum atomic E-state index is -0.989. The molecule has 0 aliphatic carbocycles. The summed E-state index contributed by atoms with van der Waals surface area (Å²) in [6.07, 6.45) is 2.62. The normalized spacial score (nSPS) is 11.9. The molecule has 0 fully saturated rings. The van der Waals surface area contributed by atoms with Gasteiger partial charge in [0.15, 0.2) is 0 Å². The van der Waals surface area contributed by atoms with Gasteiger partial charge in [0, 0.05) is 0 Å². The maximum Gasteiger partial charge on any atom is 0.379 e. The van der Waals surface area contributed by atoms with E-state index in [4.69, 9.17) is 9.78 Å². The Morgan fingerprint density at radius 2 is 1.05 bits per heavy atom. The molecular formula is C16H28O6. The lowest BCUT2D eigenvalue weighted by molar-refractivity contribution is -0.334. The van der Waals surface area contributed by atoms with E-state index in [1.54, 1.807) is 13.8 Å². The average Bonchev–Trinajstić information content (AvgIpc) is 2.56. The number of hydrogen-bond donors (Lipinski definition) is 0. The van der Waals surface area contributed by atoms with Gasteiger partial charge in [0.2, 0.25) is 0 Å². The highest BCUT2D eigenvalue weighted by Crippen LogP contribution is 2.21. The van der Waals surface area contributed by atoms with Gasteiger partial charge in [-0.25, -0.2) is 9.59 Å². The Labute approximate surface area is 132 Å². The van der Waals surface area contributed by atoms with E-state index >= 15 is 0 Å². The summed E-state index contributed by atoms with van der Waals surface area (Å²) in [5.41, 5.74) is -1.68. The van der Waals surface area contributed by atoms with Gasteiger partial charge in [0.05, 0.1) is 0 Å². The van der Waals surface area contributed by atoms with E-state index in [0.29, 0.717) is 25.7 Å². The molecule has 0 aromatic rings. The summed E-state index contributed by atoms with van der Waals surface area (Å²) < 4.78 is 0. The van der Waals surface area contributed by atoms with Gasteiger partial charge in [-0.2, -0.15) is 9.78 Å². The zero-order chi connectivity index (χ0) is 17.4. The number of hydrogen-bond acceptors (Lipinski definition) is 6. The molecular weight excluding hydrogens is 288 g/mol. The summed E-state index contributed by atoms with van der Waals surface area (Å²) in [6.45, 7) is 14.6. The third-order valence-electron chi connectivity index (χ3n) is 4.12. The zero-order valence-corrected chi connectivity index (χ0v) is 14.5. The van der Waals surface area contributed by atoms with E-state index in [2.05, 4.69) is 16.4 Å². The van der Waals surface area contributed by atoms with Gasteiger partial charge in [0.25, 0.3) is 0 Å². The molecule has 0 rings (SSSR count). The molecule has 6 heteroatoms. The molecule has 0 radical (unpaired) electrons. The largest absolute Gasteiger partial charge is 0.379 e. The van der Waals surface area contributed by atoms with E-state index in [1.807, 2.05) is 27.7 Å². The van der Waals surface area contributed by atoms with Crippen molar-refractivity contribution in [1.82, 2.24) is 0 Å². The highest BCUT2D eigenvalue weighted by molar-refractivity contribution is 6.13. The summed E-state index contributed by atoms with van der Waals surface area (Å²) in [7, 11) is 0. The van der Waals surface area contributed by atoms with Crippen LogP contribution in [0.4, 0.5) is 0 Å². The van der Waals surface area contributed by atoms with Crippen LogP contribution in [0.15, 0.2) is 12.2 Å². The number of carbonyl (C=O) groups is 2. The minimum Gasteiger partial charge on any atom is -0.292 e. The third kappa shape index (κ3) is 6.15. The minimum absolute atomic E-state index is 0.482. The summed E-state index contributed by atoms with van der Waals surface area (Å²) in [6, 6.07) is 0. The Morgan fingerprint density at radius 1 is 0.773 bits per heavy atom. The maximum atomic E-state index is 11.7. The van der Waals surface area contributed by atoms with Crippen LogP contribution < -0.4 is 0 Å². The highest BCUT2D eigenvalue weighted by atomic mass is 17.2. The maximum absolute atomic E-state index is 11.7. The molecule has 0 saturated carbocycles. The SMILES string of the molecule is C=C(C(=O)OOC(C)(CC)CC)C(=O)OOC(C)(CC)CC. The summed E-state index contributed by atoms with van der Waals surface area (Å²) in [5, 5.41) is 0. The molecule has 0 spiro atoms. The van der Waals surface area contributed by atoms with Crippen molar-refractivity contribution in [3.8, 4) is 0 Å². The molecule has 22 heavy (non-hydrogen) atoms. The lowest BCUT2D eigenvalue weighted by atomic mass is 10.0. The molecule has 0 unspecified atom stereocenters. The highest BCUT2D eigenvalue weighted by Gasteiger charge is 2.29. The molecule has 0 bridgehead atoms. The smallest absolute Gasteiger partial charge is 0.292 e. The molecule has 0 aromatic carbocycles. The molecule has 0 saturated heterocycles. The van der Waals surface area contributed by atoms with Crippen LogP contribution in [0, 0.1) is 0 Å². The lowest BCUT2D eigenvalue weighted by Gasteiger charge is -2.25. The Balaban J connectivity index is 4.46. The van der Waals surface area contributed by atoms with Gasteiger partial charge in [-0.15, -0.1) is 0 Å². The van der Waals surface area contributed by atoms with Crippen LogP contribution >= 0.6 is 0 Å². The van der Waals surface area contributed by atoms with E-state index in [1.165, 1.54) is 0 Å². The van der Waals surface area contributed by atoms with Crippen LogP contribution in [-0.2, 0) is 29.1 Å². The lowest BCUT2D eigenvalue weighted by Crippen LogP contribution is -2.31. The van der Waals surface area contributed by atoms with Crippen molar-refractivity contribution in [2.45, 2.75) is 78.4 Å². The predicted molar refractivity (Wildman–Crippen MR) is 81.5 cm³/mol. The van der Waals surface area contributed by atoms with E-state index in [9.17, 15) is 9.59 Å². The zero-order valence-electron chi connectivity index (χ0n) is 14.5. The first kappa shape index (κ1) is 20.6. The first-order valence-electron chi connectivity index (χ1n) is 7.65. The molecule has 0 atom stereocenters. The van der Waals surface area contributed by atoms with E-state index in [-0.39, 0.29) is 0 Å². The van der Waals surface area contributed by atoms with Crippen molar-refractivity contribution >= 4 is 11.9 Å². The average molecular weight is 316 g/mol. The molecule has 6 nitrogen and oxygen atoms in total. The Morgan fingerprint density at radius 3 is 1.27 bits per heavy atom. The standard InChI is InChI=1S/C16H28O6/c1-8-15(6,9-2)21-19-13(17)12(5)14(18)20-22-16(7,10-3)11-4/h5,8-11H2,1-4,6-7H3. The van der Waals surface area contributed by atoms with Gasteiger partial charge in [-0.1, -0.05) is 34.3 Å². The first-order chi connectivity index (χ1) is 10.2. The van der Waals surface area contributed by atoms with Gasteiger partial charge < -0.3 is 0 Å². The van der Waals surface area contributed by atoms with Crippen molar-refractivity contribution in [1.29, 1.82) is 0 Å². The molecule has 0 aliphatic rings. The summed E-state index contributed by atoms with van der Waals surface area (Å²) >= 11 is 0. The topological polar surface area (TPSA) is 71.1 Å². The Bertz CT molecular complexity index is 357. The summed E-state index contributed by atoms with van der Waals surface area (Å²) in [5.74, 6) is -1.98. The molecule has 0 aromatic heterocycles. The second-order valence-electron chi connectivity index (χ2n) is 5.70. The van der Waals surface area contributed by atoms with Crippen molar-refractivity contribution < 1.29 is 29.1 Å². The van der Waals surface area contributed by atoms with E-state index < -0.39 is 28.7 Å². The van der Waals surface area contributed by atoms with Crippen LogP contribution in [0.1, 0.15) is 67.2 Å². The Hall–Kier alpha value is -1.40. The van der Waals surface area contributed by atoms with Crippen LogP contribution in [0.3, 0.4) is 0 Å². The van der Waals surface area contributed by atoms with Crippen LogP contribution in [0.2, 0.25) is 0 Å². The molecule has 0 heterocycles. The first-order valence-corrected chi connectivity index (χ1v) is 7.65. The fourth-order valence-electron chi connectivity index (χ4n) is 1.20. The number of carbonyl (C=O) groups excluding carboxylic acids is 2. The fraction of sp³-hybridized carbons (Fsp3) is 0.750. The van der Waals surface area contributed by atoms with Gasteiger partial charge in [-0.05, 0) is 39.5 Å². The Kier molecular flexibility index (Phi) is 8.34. The predicted octanol–water partition coefficient (Wildman–Crippen LogP) is 3.65. The molecule has 128 valence electrons. The van der Waals surface area contributed by atoms with Crippen molar-refractivity contribution in [2.75, 3.05) is 0 Å². The molecule has 0 amide bonds. The van der Waals surface area contributed by atoms with Crippen molar-refractivity contribution in [3.63, 3.8) is 0 Å².